The van der Waals surface area contributed by atoms with Gasteiger partial charge in [0.15, 0.2) is 0 Å². The minimum atomic E-state index is 0.143. The van der Waals surface area contributed by atoms with Gasteiger partial charge in [0.2, 0.25) is 5.91 Å². The maximum atomic E-state index is 12.8. The van der Waals surface area contributed by atoms with E-state index in [2.05, 4.69) is 38.0 Å². The zero-order valence-electron chi connectivity index (χ0n) is 13.7. The second-order valence-electron chi connectivity index (χ2n) is 6.00. The Kier molecular flexibility index (Phi) is 4.48. The van der Waals surface area contributed by atoms with Crippen molar-refractivity contribution in [1.82, 2.24) is 14.5 Å². The van der Waals surface area contributed by atoms with Crippen molar-refractivity contribution in [2.24, 2.45) is 0 Å². The molecule has 1 amide bonds. The van der Waals surface area contributed by atoms with E-state index >= 15 is 0 Å². The molecule has 3 rings (SSSR count). The largest absolute Gasteiger partial charge is 0.335 e. The number of aromatic nitrogens is 2. The fraction of sp³-hybridized carbons (Fsp3) is 0.333. The highest BCUT2D eigenvalue weighted by molar-refractivity contribution is 7.11. The van der Waals surface area contributed by atoms with Crippen LogP contribution in [0.4, 0.5) is 0 Å². The molecule has 0 aliphatic rings. The van der Waals surface area contributed by atoms with E-state index in [9.17, 15) is 4.79 Å². The summed E-state index contributed by atoms with van der Waals surface area (Å²) in [4.78, 5) is 17.2. The predicted molar refractivity (Wildman–Crippen MR) is 93.6 cm³/mol. The lowest BCUT2D eigenvalue weighted by atomic mass is 10.1. The number of aryl methyl sites for hydroxylation is 1. The summed E-state index contributed by atoms with van der Waals surface area (Å²) >= 11 is 1.75. The van der Waals surface area contributed by atoms with Crippen molar-refractivity contribution in [3.05, 3.63) is 58.0 Å². The minimum Gasteiger partial charge on any atom is -0.335 e. The lowest BCUT2D eigenvalue weighted by molar-refractivity contribution is -0.132. The molecule has 0 saturated carbocycles. The summed E-state index contributed by atoms with van der Waals surface area (Å²) in [6.45, 7) is 6.89. The van der Waals surface area contributed by atoms with Gasteiger partial charge in [-0.2, -0.15) is 5.10 Å². The Morgan fingerprint density at radius 3 is 2.83 bits per heavy atom. The molecule has 3 heterocycles. The van der Waals surface area contributed by atoms with E-state index in [1.54, 1.807) is 17.5 Å². The SMILES string of the molecule is Cc1ccc(CN(C(=O)Cc2cnn3ccccc23)C(C)C)s1. The fourth-order valence-electron chi connectivity index (χ4n) is 2.68. The molecule has 0 saturated heterocycles. The highest BCUT2D eigenvalue weighted by Gasteiger charge is 2.19. The zero-order valence-corrected chi connectivity index (χ0v) is 14.5. The molecule has 0 N–H and O–H groups in total. The lowest BCUT2D eigenvalue weighted by Gasteiger charge is -2.26. The Balaban J connectivity index is 1.78. The summed E-state index contributed by atoms with van der Waals surface area (Å²) in [7, 11) is 0. The summed E-state index contributed by atoms with van der Waals surface area (Å²) in [5.74, 6) is 0.143. The van der Waals surface area contributed by atoms with Crippen molar-refractivity contribution < 1.29 is 4.79 Å². The molecule has 0 spiro atoms. The molecule has 120 valence electrons. The molecule has 0 fully saturated rings. The summed E-state index contributed by atoms with van der Waals surface area (Å²) in [5.41, 5.74) is 1.97. The van der Waals surface area contributed by atoms with Crippen molar-refractivity contribution in [3.63, 3.8) is 0 Å². The Morgan fingerprint density at radius 1 is 1.30 bits per heavy atom. The van der Waals surface area contributed by atoms with Crippen molar-refractivity contribution in [2.45, 2.75) is 39.8 Å². The van der Waals surface area contributed by atoms with E-state index < -0.39 is 0 Å². The van der Waals surface area contributed by atoms with E-state index in [0.29, 0.717) is 13.0 Å². The number of rotatable bonds is 5. The molecular weight excluding hydrogens is 306 g/mol. The van der Waals surface area contributed by atoms with Gasteiger partial charge in [-0.3, -0.25) is 4.79 Å². The summed E-state index contributed by atoms with van der Waals surface area (Å²) in [6, 6.07) is 10.3. The van der Waals surface area contributed by atoms with Crippen molar-refractivity contribution in [2.75, 3.05) is 0 Å². The molecule has 5 heteroatoms. The van der Waals surface area contributed by atoms with Crippen molar-refractivity contribution in [1.29, 1.82) is 0 Å². The molecule has 0 radical (unpaired) electrons. The van der Waals surface area contributed by atoms with Crippen molar-refractivity contribution >= 4 is 22.8 Å². The Hall–Kier alpha value is -2.14. The average molecular weight is 327 g/mol. The molecule has 0 unspecified atom stereocenters. The van der Waals surface area contributed by atoms with Crippen LogP contribution in [-0.4, -0.2) is 26.5 Å². The van der Waals surface area contributed by atoms with Gasteiger partial charge in [0.1, 0.15) is 0 Å². The normalized spacial score (nSPS) is 11.3. The monoisotopic (exact) mass is 327 g/mol. The highest BCUT2D eigenvalue weighted by atomic mass is 32.1. The van der Waals surface area contributed by atoms with E-state index in [1.807, 2.05) is 33.8 Å². The second-order valence-corrected chi connectivity index (χ2v) is 7.38. The van der Waals surface area contributed by atoms with Gasteiger partial charge in [-0.1, -0.05) is 6.07 Å². The first-order valence-electron chi connectivity index (χ1n) is 7.80. The van der Waals surface area contributed by atoms with Crippen LogP contribution in [-0.2, 0) is 17.8 Å². The van der Waals surface area contributed by atoms with Crippen LogP contribution < -0.4 is 0 Å². The van der Waals surface area contributed by atoms with Gasteiger partial charge in [0.25, 0.3) is 0 Å². The van der Waals surface area contributed by atoms with Crippen molar-refractivity contribution in [3.8, 4) is 0 Å². The molecule has 0 atom stereocenters. The predicted octanol–water partition coefficient (Wildman–Crippen LogP) is 3.68. The molecule has 0 aliphatic carbocycles. The van der Waals surface area contributed by atoms with Gasteiger partial charge >= 0.3 is 0 Å². The maximum absolute atomic E-state index is 12.8. The number of thiophene rings is 1. The molecule has 3 aromatic heterocycles. The van der Waals surface area contributed by atoms with E-state index in [4.69, 9.17) is 0 Å². The molecule has 3 aromatic rings. The van der Waals surface area contributed by atoms with E-state index in [1.165, 1.54) is 9.75 Å². The Morgan fingerprint density at radius 2 is 2.13 bits per heavy atom. The fourth-order valence-corrected chi connectivity index (χ4v) is 3.57. The lowest BCUT2D eigenvalue weighted by Crippen LogP contribution is -2.37. The number of pyridine rings is 1. The molecular formula is C18H21N3OS. The van der Waals surface area contributed by atoms with Crippen LogP contribution in [0.15, 0.2) is 42.7 Å². The topological polar surface area (TPSA) is 37.6 Å². The maximum Gasteiger partial charge on any atom is 0.227 e. The average Bonchev–Trinajstić information content (AvgIpc) is 3.11. The first-order chi connectivity index (χ1) is 11.0. The molecule has 0 aliphatic heterocycles. The van der Waals surface area contributed by atoms with Gasteiger partial charge in [-0.25, -0.2) is 4.52 Å². The number of carbonyl (C=O) groups is 1. The number of amides is 1. The third kappa shape index (κ3) is 3.45. The zero-order chi connectivity index (χ0) is 16.4. The van der Waals surface area contributed by atoms with Gasteiger partial charge in [-0.15, -0.1) is 11.3 Å². The van der Waals surface area contributed by atoms with Crippen LogP contribution >= 0.6 is 11.3 Å². The number of carbonyl (C=O) groups excluding carboxylic acids is 1. The number of hydrogen-bond acceptors (Lipinski definition) is 3. The smallest absolute Gasteiger partial charge is 0.227 e. The van der Waals surface area contributed by atoms with Crippen LogP contribution in [0.2, 0.25) is 0 Å². The van der Waals surface area contributed by atoms with Crippen LogP contribution in [0.5, 0.6) is 0 Å². The first kappa shape index (κ1) is 15.7. The summed E-state index contributed by atoms with van der Waals surface area (Å²) < 4.78 is 1.81. The van der Waals surface area contributed by atoms with Gasteiger partial charge < -0.3 is 4.90 Å². The van der Waals surface area contributed by atoms with E-state index in [0.717, 1.165) is 11.1 Å². The first-order valence-corrected chi connectivity index (χ1v) is 8.62. The van der Waals surface area contributed by atoms with Gasteiger partial charge in [0.05, 0.1) is 24.7 Å². The van der Waals surface area contributed by atoms with Crippen LogP contribution in [0, 0.1) is 6.92 Å². The molecule has 4 nitrogen and oxygen atoms in total. The number of fused-ring (bicyclic) bond motifs is 1. The highest BCUT2D eigenvalue weighted by Crippen LogP contribution is 2.20. The van der Waals surface area contributed by atoms with Gasteiger partial charge in [-0.05, 0) is 45.0 Å². The minimum absolute atomic E-state index is 0.143. The number of hydrogen-bond donors (Lipinski definition) is 0. The van der Waals surface area contributed by atoms with E-state index in [-0.39, 0.29) is 11.9 Å². The number of nitrogens with zero attached hydrogens (tertiary/aromatic N) is 3. The van der Waals surface area contributed by atoms with Crippen LogP contribution in [0.1, 0.15) is 29.2 Å². The molecule has 23 heavy (non-hydrogen) atoms. The van der Waals surface area contributed by atoms with Gasteiger partial charge in [0, 0.05) is 27.6 Å². The Labute approximate surface area is 140 Å². The molecule has 0 bridgehead atoms. The Bertz CT molecular complexity index is 818. The molecule has 0 aromatic carbocycles. The quantitative estimate of drug-likeness (QED) is 0.717. The second kappa shape index (κ2) is 6.54. The summed E-state index contributed by atoms with van der Waals surface area (Å²) in [6.07, 6.45) is 4.08. The van der Waals surface area contributed by atoms with Crippen LogP contribution in [0.25, 0.3) is 5.52 Å². The third-order valence-electron chi connectivity index (χ3n) is 3.91. The summed E-state index contributed by atoms with van der Waals surface area (Å²) in [5, 5.41) is 4.31. The van der Waals surface area contributed by atoms with Crippen LogP contribution in [0.3, 0.4) is 0 Å². The third-order valence-corrected chi connectivity index (χ3v) is 4.90. The standard InChI is InChI=1S/C18H21N3OS/c1-13(2)20(12-16-8-7-14(3)23-16)18(22)10-15-11-19-21-9-5-4-6-17(15)21/h4-9,11,13H,10,12H2,1-3H3.